The van der Waals surface area contributed by atoms with Gasteiger partial charge in [-0.3, -0.25) is 0 Å². The number of carboxylic acid groups (broad SMARTS) is 1. The van der Waals surface area contributed by atoms with Gasteiger partial charge in [0.15, 0.2) is 0 Å². The number of aliphatic carboxylic acids is 1. The highest BCUT2D eigenvalue weighted by Gasteiger charge is 2.38. The molecule has 110 valence electrons. The SMILES string of the molecule is C=C[C@@]1(C)CC[C@@H](C(C)=CC=CC(=O)O)C[C@@H]1C(=C)C. The van der Waals surface area contributed by atoms with E-state index in [4.69, 9.17) is 5.11 Å². The summed E-state index contributed by atoms with van der Waals surface area (Å²) >= 11 is 0. The molecule has 1 rings (SSSR count). The van der Waals surface area contributed by atoms with Gasteiger partial charge in [-0.15, -0.1) is 6.58 Å². The van der Waals surface area contributed by atoms with Crippen molar-refractivity contribution in [3.63, 3.8) is 0 Å². The van der Waals surface area contributed by atoms with Crippen LogP contribution in [0.3, 0.4) is 0 Å². The highest BCUT2D eigenvalue weighted by atomic mass is 16.4. The normalized spacial score (nSPS) is 31.2. The topological polar surface area (TPSA) is 37.3 Å². The second-order valence-electron chi connectivity index (χ2n) is 6.19. The van der Waals surface area contributed by atoms with Crippen LogP contribution in [0.15, 0.2) is 48.6 Å². The minimum absolute atomic E-state index is 0.138. The lowest BCUT2D eigenvalue weighted by Gasteiger charge is -2.43. The van der Waals surface area contributed by atoms with Crippen LogP contribution in [0.2, 0.25) is 0 Å². The van der Waals surface area contributed by atoms with E-state index >= 15 is 0 Å². The van der Waals surface area contributed by atoms with E-state index in [1.54, 1.807) is 6.08 Å². The van der Waals surface area contributed by atoms with Crippen LogP contribution in [0.5, 0.6) is 0 Å². The van der Waals surface area contributed by atoms with E-state index in [0.717, 1.165) is 19.3 Å². The largest absolute Gasteiger partial charge is 0.478 e. The van der Waals surface area contributed by atoms with Gasteiger partial charge in [0.1, 0.15) is 0 Å². The second kappa shape index (κ2) is 6.74. The minimum Gasteiger partial charge on any atom is -0.478 e. The molecule has 1 aliphatic rings. The predicted octanol–water partition coefficient (Wildman–Crippen LogP) is 4.76. The zero-order valence-corrected chi connectivity index (χ0v) is 12.9. The maximum atomic E-state index is 10.5. The second-order valence-corrected chi connectivity index (χ2v) is 6.19. The van der Waals surface area contributed by atoms with E-state index in [1.807, 2.05) is 6.08 Å². The monoisotopic (exact) mass is 274 g/mol. The van der Waals surface area contributed by atoms with E-state index < -0.39 is 5.97 Å². The Morgan fingerprint density at radius 3 is 2.55 bits per heavy atom. The molecule has 0 bridgehead atoms. The molecule has 1 aliphatic carbocycles. The first-order valence-corrected chi connectivity index (χ1v) is 7.17. The van der Waals surface area contributed by atoms with Crippen LogP contribution in [-0.4, -0.2) is 11.1 Å². The molecule has 0 spiro atoms. The van der Waals surface area contributed by atoms with Crippen LogP contribution < -0.4 is 0 Å². The molecule has 2 nitrogen and oxygen atoms in total. The van der Waals surface area contributed by atoms with Gasteiger partial charge in [0.25, 0.3) is 0 Å². The first kappa shape index (κ1) is 16.5. The molecular weight excluding hydrogens is 248 g/mol. The van der Waals surface area contributed by atoms with Gasteiger partial charge in [0, 0.05) is 6.08 Å². The lowest BCUT2D eigenvalue weighted by atomic mass is 9.61. The van der Waals surface area contributed by atoms with Gasteiger partial charge in [-0.2, -0.15) is 0 Å². The molecule has 0 saturated heterocycles. The van der Waals surface area contributed by atoms with Crippen LogP contribution in [0.4, 0.5) is 0 Å². The lowest BCUT2D eigenvalue weighted by molar-refractivity contribution is -0.131. The molecule has 1 N–H and O–H groups in total. The van der Waals surface area contributed by atoms with Crippen LogP contribution in [0.1, 0.15) is 40.0 Å². The Bertz CT molecular complexity index is 456. The molecule has 1 saturated carbocycles. The zero-order chi connectivity index (χ0) is 15.3. The first-order chi connectivity index (χ1) is 9.30. The Morgan fingerprint density at radius 1 is 1.40 bits per heavy atom. The van der Waals surface area contributed by atoms with Gasteiger partial charge >= 0.3 is 5.97 Å². The van der Waals surface area contributed by atoms with Crippen molar-refractivity contribution in [1.29, 1.82) is 0 Å². The molecular formula is C18H26O2. The highest BCUT2D eigenvalue weighted by molar-refractivity contribution is 5.80. The van der Waals surface area contributed by atoms with Crippen molar-refractivity contribution in [3.05, 3.63) is 48.6 Å². The van der Waals surface area contributed by atoms with Gasteiger partial charge in [0.05, 0.1) is 0 Å². The molecule has 0 heterocycles. The quantitative estimate of drug-likeness (QED) is 0.446. The average Bonchev–Trinajstić information content (AvgIpc) is 2.38. The summed E-state index contributed by atoms with van der Waals surface area (Å²) in [5, 5.41) is 8.61. The van der Waals surface area contributed by atoms with Crippen molar-refractivity contribution in [2.24, 2.45) is 17.3 Å². The van der Waals surface area contributed by atoms with Gasteiger partial charge in [-0.05, 0) is 50.4 Å². The molecule has 0 aromatic rings. The molecule has 2 heteroatoms. The van der Waals surface area contributed by atoms with E-state index in [2.05, 4.69) is 40.0 Å². The van der Waals surface area contributed by atoms with Crippen molar-refractivity contribution in [2.45, 2.75) is 40.0 Å². The Kier molecular flexibility index (Phi) is 5.55. The predicted molar refractivity (Wildman–Crippen MR) is 84.5 cm³/mol. The third-order valence-electron chi connectivity index (χ3n) is 4.65. The standard InChI is InChI=1S/C18H26O2/c1-6-18(5)11-10-15(12-16(18)13(2)3)14(4)8-7-9-17(19)20/h6-9,15-16H,1-2,10-12H2,3-5H3,(H,19,20)/t15-,16-,18+/m1/s1. The van der Waals surface area contributed by atoms with Crippen molar-refractivity contribution in [1.82, 2.24) is 0 Å². The third-order valence-corrected chi connectivity index (χ3v) is 4.65. The summed E-state index contributed by atoms with van der Waals surface area (Å²) < 4.78 is 0. The summed E-state index contributed by atoms with van der Waals surface area (Å²) in [5.41, 5.74) is 2.60. The van der Waals surface area contributed by atoms with Crippen LogP contribution in [-0.2, 0) is 4.79 Å². The summed E-state index contributed by atoms with van der Waals surface area (Å²) in [6.45, 7) is 14.6. The summed E-state index contributed by atoms with van der Waals surface area (Å²) in [7, 11) is 0. The Morgan fingerprint density at radius 2 is 2.05 bits per heavy atom. The van der Waals surface area contributed by atoms with Gasteiger partial charge in [0.2, 0.25) is 0 Å². The molecule has 0 unspecified atom stereocenters. The summed E-state index contributed by atoms with van der Waals surface area (Å²) in [5.74, 6) is 0.0467. The summed E-state index contributed by atoms with van der Waals surface area (Å²) in [6, 6.07) is 0. The molecule has 1 fully saturated rings. The molecule has 0 aromatic heterocycles. The maximum absolute atomic E-state index is 10.5. The van der Waals surface area contributed by atoms with Gasteiger partial charge < -0.3 is 5.11 Å². The van der Waals surface area contributed by atoms with Crippen molar-refractivity contribution >= 4 is 5.97 Å². The van der Waals surface area contributed by atoms with E-state index in [1.165, 1.54) is 17.2 Å². The number of hydrogen-bond donors (Lipinski definition) is 1. The lowest BCUT2D eigenvalue weighted by Crippen LogP contribution is -2.33. The highest BCUT2D eigenvalue weighted by Crippen LogP contribution is 2.48. The van der Waals surface area contributed by atoms with Crippen molar-refractivity contribution in [3.8, 4) is 0 Å². The molecule has 3 atom stereocenters. The van der Waals surface area contributed by atoms with Crippen molar-refractivity contribution < 1.29 is 9.90 Å². The van der Waals surface area contributed by atoms with Crippen LogP contribution in [0, 0.1) is 17.3 Å². The molecule has 0 aliphatic heterocycles. The fraction of sp³-hybridized carbons (Fsp3) is 0.500. The molecule has 0 amide bonds. The summed E-state index contributed by atoms with van der Waals surface area (Å²) in [6.07, 6.45) is 10.1. The number of carboxylic acids is 1. The van der Waals surface area contributed by atoms with Crippen molar-refractivity contribution in [2.75, 3.05) is 0 Å². The number of allylic oxidation sites excluding steroid dienone is 5. The maximum Gasteiger partial charge on any atom is 0.328 e. The fourth-order valence-electron chi connectivity index (χ4n) is 3.17. The number of rotatable bonds is 5. The van der Waals surface area contributed by atoms with Crippen LogP contribution >= 0.6 is 0 Å². The molecule has 0 aromatic carbocycles. The van der Waals surface area contributed by atoms with Gasteiger partial charge in [-0.1, -0.05) is 42.9 Å². The first-order valence-electron chi connectivity index (χ1n) is 7.17. The molecule has 0 radical (unpaired) electrons. The van der Waals surface area contributed by atoms with E-state index in [-0.39, 0.29) is 5.41 Å². The molecule has 20 heavy (non-hydrogen) atoms. The van der Waals surface area contributed by atoms with Gasteiger partial charge in [-0.25, -0.2) is 4.79 Å². The smallest absolute Gasteiger partial charge is 0.328 e. The average molecular weight is 274 g/mol. The summed E-state index contributed by atoms with van der Waals surface area (Å²) in [4.78, 5) is 10.5. The van der Waals surface area contributed by atoms with E-state index in [9.17, 15) is 4.79 Å². The number of carbonyl (C=O) groups is 1. The number of hydrogen-bond acceptors (Lipinski definition) is 1. The zero-order valence-electron chi connectivity index (χ0n) is 12.9. The minimum atomic E-state index is -0.906. The Hall–Kier alpha value is -1.57. The fourth-order valence-corrected chi connectivity index (χ4v) is 3.17. The third kappa shape index (κ3) is 3.96. The van der Waals surface area contributed by atoms with E-state index in [0.29, 0.717) is 11.8 Å². The Balaban J connectivity index is 2.84. The van der Waals surface area contributed by atoms with Crippen LogP contribution in [0.25, 0.3) is 0 Å². The Labute approximate surface area is 122 Å².